The molecule has 3 aromatic rings. The van der Waals surface area contributed by atoms with Gasteiger partial charge in [0.15, 0.2) is 0 Å². The predicted octanol–water partition coefficient (Wildman–Crippen LogP) is 3.72. The molecule has 0 heterocycles. The maximum atomic E-state index is 12.3. The first-order valence-corrected chi connectivity index (χ1v) is 9.76. The van der Waals surface area contributed by atoms with E-state index in [0.29, 0.717) is 0 Å². The average molecular weight is 413 g/mol. The highest BCUT2D eigenvalue weighted by Crippen LogP contribution is 2.22. The molecular weight excluding hydrogens is 398 g/mol. The maximum Gasteiger partial charge on any atom is 0.339 e. The predicted molar refractivity (Wildman–Crippen MR) is 103 cm³/mol. The number of esters is 1. The van der Waals surface area contributed by atoms with E-state index in [9.17, 15) is 23.3 Å². The summed E-state index contributed by atoms with van der Waals surface area (Å²) in [4.78, 5) is 21.9. The van der Waals surface area contributed by atoms with Gasteiger partial charge in [-0.2, -0.15) is 8.42 Å². The third-order valence-corrected chi connectivity index (χ3v) is 5.07. The maximum absolute atomic E-state index is 12.3. The molecule has 0 saturated heterocycles. The summed E-state index contributed by atoms with van der Waals surface area (Å²) in [7, 11) is -4.27. The van der Waals surface area contributed by atoms with Crippen LogP contribution in [0.15, 0.2) is 83.8 Å². The van der Waals surface area contributed by atoms with Gasteiger partial charge in [0, 0.05) is 12.1 Å². The molecule has 0 aliphatic heterocycles. The molecule has 148 valence electrons. The molecule has 0 bridgehead atoms. The van der Waals surface area contributed by atoms with Crippen LogP contribution >= 0.6 is 0 Å². The van der Waals surface area contributed by atoms with Crippen molar-refractivity contribution in [2.45, 2.75) is 11.5 Å². The number of carbonyl (C=O) groups excluding carboxylic acids is 1. The van der Waals surface area contributed by atoms with Crippen molar-refractivity contribution in [3.05, 3.63) is 100 Å². The summed E-state index contributed by atoms with van der Waals surface area (Å²) in [5.74, 6) is -0.613. The zero-order valence-electron chi connectivity index (χ0n) is 14.9. The summed E-state index contributed by atoms with van der Waals surface area (Å²) < 4.78 is 34.8. The summed E-state index contributed by atoms with van der Waals surface area (Å²) in [5, 5.41) is 10.8. The number of benzene rings is 3. The van der Waals surface area contributed by atoms with Gasteiger partial charge in [0.2, 0.25) is 0 Å². The van der Waals surface area contributed by atoms with E-state index in [1.807, 2.05) is 30.3 Å². The number of nitro groups is 1. The molecule has 0 spiro atoms. The zero-order valence-corrected chi connectivity index (χ0v) is 15.7. The molecule has 0 saturated carbocycles. The van der Waals surface area contributed by atoms with E-state index >= 15 is 0 Å². The lowest BCUT2D eigenvalue weighted by atomic mass is 10.2. The molecule has 0 radical (unpaired) electrons. The normalized spacial score (nSPS) is 10.9. The Hall–Kier alpha value is -3.72. The smallest absolute Gasteiger partial charge is 0.339 e. The highest BCUT2D eigenvalue weighted by atomic mass is 32.2. The van der Waals surface area contributed by atoms with Gasteiger partial charge in [0.1, 0.15) is 17.3 Å². The first-order valence-electron chi connectivity index (χ1n) is 8.35. The second-order valence-corrected chi connectivity index (χ2v) is 7.42. The van der Waals surface area contributed by atoms with Gasteiger partial charge in [-0.05, 0) is 35.9 Å². The quantitative estimate of drug-likeness (QED) is 0.251. The van der Waals surface area contributed by atoms with E-state index in [1.54, 1.807) is 0 Å². The Bertz CT molecular complexity index is 1130. The van der Waals surface area contributed by atoms with Crippen LogP contribution in [-0.4, -0.2) is 19.3 Å². The van der Waals surface area contributed by atoms with Gasteiger partial charge < -0.3 is 8.92 Å². The van der Waals surface area contributed by atoms with Crippen LogP contribution in [0.3, 0.4) is 0 Å². The second kappa shape index (κ2) is 8.53. The minimum absolute atomic E-state index is 0.0453. The number of hydrogen-bond acceptors (Lipinski definition) is 7. The Morgan fingerprint density at radius 3 is 2.28 bits per heavy atom. The lowest BCUT2D eigenvalue weighted by molar-refractivity contribution is -0.385. The topological polar surface area (TPSA) is 113 Å². The van der Waals surface area contributed by atoms with Crippen molar-refractivity contribution in [3.63, 3.8) is 0 Å². The Kier molecular flexibility index (Phi) is 5.89. The number of non-ortho nitro benzene ring substituents is 1. The van der Waals surface area contributed by atoms with Crippen LogP contribution in [0, 0.1) is 10.1 Å². The minimum Gasteiger partial charge on any atom is -0.457 e. The van der Waals surface area contributed by atoms with E-state index in [2.05, 4.69) is 0 Å². The van der Waals surface area contributed by atoms with Crippen molar-refractivity contribution in [3.8, 4) is 5.75 Å². The molecule has 29 heavy (non-hydrogen) atoms. The summed E-state index contributed by atoms with van der Waals surface area (Å²) in [5.41, 5.74) is 0.691. The van der Waals surface area contributed by atoms with Crippen molar-refractivity contribution in [2.75, 3.05) is 0 Å². The largest absolute Gasteiger partial charge is 0.457 e. The Morgan fingerprint density at radius 2 is 1.62 bits per heavy atom. The molecule has 0 aliphatic rings. The molecule has 9 heteroatoms. The molecule has 0 amide bonds. The Balaban J connectivity index is 1.67. The SMILES string of the molecule is O=C(OCc1ccccc1)c1ccc(OS(=O)(=O)c2cccc([N+](=O)[O-])c2)cc1. The van der Waals surface area contributed by atoms with Gasteiger partial charge in [-0.25, -0.2) is 4.79 Å². The fraction of sp³-hybridized carbons (Fsp3) is 0.0500. The number of carbonyl (C=O) groups is 1. The molecule has 0 aliphatic carbocycles. The van der Waals surface area contributed by atoms with Gasteiger partial charge >= 0.3 is 16.1 Å². The molecular formula is C20H15NO7S. The number of ether oxygens (including phenoxy) is 1. The van der Waals surface area contributed by atoms with Crippen molar-refractivity contribution in [1.29, 1.82) is 0 Å². The summed E-state index contributed by atoms with van der Waals surface area (Å²) in [6.07, 6.45) is 0. The van der Waals surface area contributed by atoms with Crippen molar-refractivity contribution in [2.24, 2.45) is 0 Å². The standard InChI is InChI=1S/C20H15NO7S/c22-20(27-14-15-5-2-1-3-6-15)16-9-11-18(12-10-16)28-29(25,26)19-8-4-7-17(13-19)21(23)24/h1-13H,14H2. The molecule has 3 aromatic carbocycles. The van der Waals surface area contributed by atoms with Crippen LogP contribution in [0.4, 0.5) is 5.69 Å². The molecule has 0 aromatic heterocycles. The second-order valence-electron chi connectivity index (χ2n) is 5.88. The first-order chi connectivity index (χ1) is 13.8. The average Bonchev–Trinajstić information content (AvgIpc) is 2.73. The zero-order chi connectivity index (χ0) is 20.9. The first kappa shape index (κ1) is 20.0. The van der Waals surface area contributed by atoms with Crippen LogP contribution in [0.2, 0.25) is 0 Å². The van der Waals surface area contributed by atoms with Crippen LogP contribution in [0.25, 0.3) is 0 Å². The van der Waals surface area contributed by atoms with Crippen LogP contribution in [0.5, 0.6) is 5.75 Å². The van der Waals surface area contributed by atoms with Gasteiger partial charge in [0.05, 0.1) is 10.5 Å². The van der Waals surface area contributed by atoms with Gasteiger partial charge in [0.25, 0.3) is 5.69 Å². The lowest BCUT2D eigenvalue weighted by Gasteiger charge is -2.08. The number of nitro benzene ring substituents is 1. The minimum atomic E-state index is -4.27. The van der Waals surface area contributed by atoms with Crippen molar-refractivity contribution in [1.82, 2.24) is 0 Å². The van der Waals surface area contributed by atoms with E-state index in [4.69, 9.17) is 8.92 Å². The summed E-state index contributed by atoms with van der Waals surface area (Å²) >= 11 is 0. The van der Waals surface area contributed by atoms with Crippen LogP contribution < -0.4 is 4.18 Å². The number of hydrogen-bond donors (Lipinski definition) is 0. The Morgan fingerprint density at radius 1 is 0.931 bits per heavy atom. The third kappa shape index (κ3) is 5.17. The van der Waals surface area contributed by atoms with E-state index in [1.165, 1.54) is 42.5 Å². The molecule has 0 fully saturated rings. The van der Waals surface area contributed by atoms with Crippen LogP contribution in [0.1, 0.15) is 15.9 Å². The molecule has 3 rings (SSSR count). The molecule has 8 nitrogen and oxygen atoms in total. The Labute approximate surface area is 166 Å². The van der Waals surface area contributed by atoms with Gasteiger partial charge in [-0.1, -0.05) is 36.4 Å². The monoisotopic (exact) mass is 413 g/mol. The summed E-state index contributed by atoms with van der Waals surface area (Å²) in [6, 6.07) is 19.0. The van der Waals surface area contributed by atoms with E-state index < -0.39 is 21.0 Å². The molecule has 0 atom stereocenters. The molecule has 0 unspecified atom stereocenters. The highest BCUT2D eigenvalue weighted by molar-refractivity contribution is 7.87. The number of nitrogens with zero attached hydrogens (tertiary/aromatic N) is 1. The fourth-order valence-electron chi connectivity index (χ4n) is 2.38. The van der Waals surface area contributed by atoms with Gasteiger partial charge in [-0.3, -0.25) is 10.1 Å². The fourth-order valence-corrected chi connectivity index (χ4v) is 3.35. The van der Waals surface area contributed by atoms with Crippen LogP contribution in [-0.2, 0) is 21.5 Å². The lowest BCUT2D eigenvalue weighted by Crippen LogP contribution is -2.10. The number of rotatable bonds is 7. The van der Waals surface area contributed by atoms with Crippen molar-refractivity contribution < 1.29 is 27.1 Å². The van der Waals surface area contributed by atoms with E-state index in [0.717, 1.165) is 11.6 Å². The van der Waals surface area contributed by atoms with Crippen molar-refractivity contribution >= 4 is 21.8 Å². The highest BCUT2D eigenvalue weighted by Gasteiger charge is 2.20. The van der Waals surface area contributed by atoms with Gasteiger partial charge in [-0.15, -0.1) is 0 Å². The molecule has 0 N–H and O–H groups in total. The third-order valence-electron chi connectivity index (χ3n) is 3.83. The summed E-state index contributed by atoms with van der Waals surface area (Å²) in [6.45, 7) is 0.110. The van der Waals surface area contributed by atoms with E-state index in [-0.39, 0.29) is 28.5 Å².